The predicted octanol–water partition coefficient (Wildman–Crippen LogP) is 2.88. The molecule has 0 fully saturated rings. The van der Waals surface area contributed by atoms with E-state index in [9.17, 15) is 12.8 Å². The van der Waals surface area contributed by atoms with Gasteiger partial charge in [0, 0.05) is 29.4 Å². The first kappa shape index (κ1) is 16.4. The molecule has 0 aliphatic rings. The summed E-state index contributed by atoms with van der Waals surface area (Å²) >= 11 is 3.16. The van der Waals surface area contributed by atoms with E-state index in [1.54, 1.807) is 35.4 Å². The molecule has 1 heterocycles. The van der Waals surface area contributed by atoms with Crippen molar-refractivity contribution in [1.82, 2.24) is 9.71 Å². The van der Waals surface area contributed by atoms with Crippen molar-refractivity contribution < 1.29 is 12.8 Å². The summed E-state index contributed by atoms with van der Waals surface area (Å²) in [4.78, 5) is 4.13. The van der Waals surface area contributed by atoms with Gasteiger partial charge >= 0.3 is 0 Å². The zero-order chi connectivity index (χ0) is 15.1. The highest BCUT2D eigenvalue weighted by atomic mass is 32.2. The molecule has 0 amide bonds. The van der Waals surface area contributed by atoms with Gasteiger partial charge in [-0.25, -0.2) is 22.5 Å². The first-order chi connectivity index (χ1) is 10.1. The first-order valence-electron chi connectivity index (χ1n) is 6.30. The highest BCUT2D eigenvalue weighted by Crippen LogP contribution is 2.20. The zero-order valence-corrected chi connectivity index (χ0v) is 13.6. The largest absolute Gasteiger partial charge is 0.238 e. The van der Waals surface area contributed by atoms with Crippen LogP contribution in [0.3, 0.4) is 0 Å². The Hall–Kier alpha value is -0.960. The second kappa shape index (κ2) is 7.88. The van der Waals surface area contributed by atoms with E-state index in [4.69, 9.17) is 0 Å². The molecular weight excluding hydrogens is 331 g/mol. The summed E-state index contributed by atoms with van der Waals surface area (Å²) in [5.41, 5.74) is 0.183. The lowest BCUT2D eigenvalue weighted by atomic mass is 10.2. The Morgan fingerprint density at radius 1 is 1.33 bits per heavy atom. The summed E-state index contributed by atoms with van der Waals surface area (Å²) < 4.78 is 40.6. The number of hydrogen-bond donors (Lipinski definition) is 1. The van der Waals surface area contributed by atoms with Crippen LogP contribution in [0.25, 0.3) is 0 Å². The van der Waals surface area contributed by atoms with Gasteiger partial charge in [0.2, 0.25) is 10.0 Å². The molecule has 1 aromatic carbocycles. The number of nitrogens with zero attached hydrogens (tertiary/aromatic N) is 1. The summed E-state index contributed by atoms with van der Waals surface area (Å²) in [6.07, 6.45) is 2.44. The Kier molecular flexibility index (Phi) is 6.16. The van der Waals surface area contributed by atoms with Crippen LogP contribution in [0.4, 0.5) is 4.39 Å². The minimum atomic E-state index is -3.50. The van der Waals surface area contributed by atoms with Crippen molar-refractivity contribution in [2.24, 2.45) is 0 Å². The van der Waals surface area contributed by atoms with E-state index in [1.807, 2.05) is 5.38 Å². The second-order valence-corrected chi connectivity index (χ2v) is 8.29. The van der Waals surface area contributed by atoms with Crippen LogP contribution in [0.2, 0.25) is 0 Å². The lowest BCUT2D eigenvalue weighted by Crippen LogP contribution is -2.26. The Morgan fingerprint density at radius 2 is 2.14 bits per heavy atom. The molecule has 0 aliphatic heterocycles. The molecule has 4 nitrogen and oxygen atoms in total. The monoisotopic (exact) mass is 346 g/mol. The Balaban J connectivity index is 1.73. The fraction of sp³-hybridized carbons (Fsp3) is 0.308. The molecule has 0 atom stereocenters. The molecule has 0 spiro atoms. The Bertz CT molecular complexity index is 660. The fourth-order valence-corrected chi connectivity index (χ4v) is 4.46. The molecule has 114 valence electrons. The van der Waals surface area contributed by atoms with Gasteiger partial charge in [0.1, 0.15) is 10.2 Å². The third-order valence-electron chi connectivity index (χ3n) is 2.58. The number of aromatic nitrogens is 1. The van der Waals surface area contributed by atoms with Gasteiger partial charge in [-0.3, -0.25) is 0 Å². The van der Waals surface area contributed by atoms with Gasteiger partial charge in [0.15, 0.2) is 0 Å². The van der Waals surface area contributed by atoms with Gasteiger partial charge < -0.3 is 0 Å². The Morgan fingerprint density at radius 3 is 2.86 bits per heavy atom. The number of hydrogen-bond acceptors (Lipinski definition) is 5. The normalized spacial score (nSPS) is 11.7. The van der Waals surface area contributed by atoms with Gasteiger partial charge in [0.25, 0.3) is 0 Å². The summed E-state index contributed by atoms with van der Waals surface area (Å²) in [7, 11) is -3.50. The maximum absolute atomic E-state index is 13.4. The topological polar surface area (TPSA) is 59.1 Å². The van der Waals surface area contributed by atoms with Gasteiger partial charge in [-0.1, -0.05) is 30.0 Å². The van der Waals surface area contributed by atoms with Crippen LogP contribution in [-0.2, 0) is 15.8 Å². The molecule has 2 aromatic rings. The van der Waals surface area contributed by atoms with Crippen LogP contribution in [0.15, 0.2) is 40.2 Å². The standard InChI is InChI=1S/C13H15FN2O2S3/c14-12-5-2-1-4-11(12)10-21(17,18)16-6-3-8-19-13-15-7-9-20-13/h1-2,4-5,7,9,16H,3,6,8,10H2. The van der Waals surface area contributed by atoms with Crippen molar-refractivity contribution >= 4 is 33.1 Å². The number of nitrogens with one attached hydrogen (secondary N) is 1. The zero-order valence-electron chi connectivity index (χ0n) is 11.2. The molecule has 0 unspecified atom stereocenters. The summed E-state index contributed by atoms with van der Waals surface area (Å²) in [6, 6.07) is 5.90. The number of rotatable bonds is 8. The predicted molar refractivity (Wildman–Crippen MR) is 84.5 cm³/mol. The molecule has 1 aromatic heterocycles. The Labute approximate surface area is 131 Å². The fourth-order valence-electron chi connectivity index (χ4n) is 1.61. The minimum absolute atomic E-state index is 0.183. The van der Waals surface area contributed by atoms with Crippen LogP contribution < -0.4 is 4.72 Å². The van der Waals surface area contributed by atoms with Crippen molar-refractivity contribution in [3.63, 3.8) is 0 Å². The van der Waals surface area contributed by atoms with Gasteiger partial charge in [0.05, 0.1) is 5.75 Å². The highest BCUT2D eigenvalue weighted by molar-refractivity contribution is 8.01. The smallest absolute Gasteiger partial charge is 0.215 e. The van der Waals surface area contributed by atoms with Crippen LogP contribution in [0.1, 0.15) is 12.0 Å². The lowest BCUT2D eigenvalue weighted by molar-refractivity contribution is 0.574. The third-order valence-corrected chi connectivity index (χ3v) is 5.97. The van der Waals surface area contributed by atoms with Crippen molar-refractivity contribution in [2.45, 2.75) is 16.5 Å². The van der Waals surface area contributed by atoms with Crippen LogP contribution >= 0.6 is 23.1 Å². The number of thiazole rings is 1. The van der Waals surface area contributed by atoms with Gasteiger partial charge in [-0.05, 0) is 12.5 Å². The second-order valence-electron chi connectivity index (χ2n) is 4.24. The van der Waals surface area contributed by atoms with Gasteiger partial charge in [-0.15, -0.1) is 11.3 Å². The van der Waals surface area contributed by atoms with E-state index < -0.39 is 15.8 Å². The summed E-state index contributed by atoms with van der Waals surface area (Å²) in [5.74, 6) is -0.0446. The molecule has 0 bridgehead atoms. The molecule has 21 heavy (non-hydrogen) atoms. The van der Waals surface area contributed by atoms with Crippen molar-refractivity contribution in [2.75, 3.05) is 12.3 Å². The quantitative estimate of drug-likeness (QED) is 0.590. The molecule has 1 N–H and O–H groups in total. The molecule has 8 heteroatoms. The average molecular weight is 346 g/mol. The summed E-state index contributed by atoms with van der Waals surface area (Å²) in [5, 5.41) is 1.90. The molecule has 0 aliphatic carbocycles. The van der Waals surface area contributed by atoms with Crippen LogP contribution in [0, 0.1) is 5.82 Å². The summed E-state index contributed by atoms with van der Waals surface area (Å²) in [6.45, 7) is 0.342. The van der Waals surface area contributed by atoms with E-state index in [0.717, 1.165) is 10.1 Å². The van der Waals surface area contributed by atoms with E-state index >= 15 is 0 Å². The number of thioether (sulfide) groups is 1. The van der Waals surface area contributed by atoms with E-state index in [2.05, 4.69) is 9.71 Å². The molecule has 0 saturated heterocycles. The maximum Gasteiger partial charge on any atom is 0.215 e. The minimum Gasteiger partial charge on any atom is -0.238 e. The van der Waals surface area contributed by atoms with E-state index in [-0.39, 0.29) is 11.3 Å². The van der Waals surface area contributed by atoms with Crippen LogP contribution in [0.5, 0.6) is 0 Å². The molecule has 0 radical (unpaired) electrons. The first-order valence-corrected chi connectivity index (χ1v) is 9.81. The van der Waals surface area contributed by atoms with Crippen molar-refractivity contribution in [3.05, 3.63) is 47.2 Å². The van der Waals surface area contributed by atoms with Crippen molar-refractivity contribution in [1.29, 1.82) is 0 Å². The molecule has 2 rings (SSSR count). The third kappa shape index (κ3) is 5.74. The SMILES string of the molecule is O=S(=O)(Cc1ccccc1F)NCCCSc1nccs1. The molecule has 0 saturated carbocycles. The van der Waals surface area contributed by atoms with E-state index in [1.165, 1.54) is 18.2 Å². The molecular formula is C13H15FN2O2S3. The van der Waals surface area contributed by atoms with Crippen LogP contribution in [-0.4, -0.2) is 25.7 Å². The number of benzene rings is 1. The van der Waals surface area contributed by atoms with E-state index in [0.29, 0.717) is 13.0 Å². The number of sulfonamides is 1. The average Bonchev–Trinajstić information content (AvgIpc) is 2.94. The van der Waals surface area contributed by atoms with Crippen molar-refractivity contribution in [3.8, 4) is 0 Å². The highest BCUT2D eigenvalue weighted by Gasteiger charge is 2.13. The lowest BCUT2D eigenvalue weighted by Gasteiger charge is -2.07. The van der Waals surface area contributed by atoms with Gasteiger partial charge in [-0.2, -0.15) is 0 Å². The maximum atomic E-state index is 13.4. The number of halogens is 1.